The number of anilines is 1. The summed E-state index contributed by atoms with van der Waals surface area (Å²) in [5, 5.41) is 9.04. The number of amides is 1. The first kappa shape index (κ1) is 12.3. The molecule has 6 nitrogen and oxygen atoms in total. The lowest BCUT2D eigenvalue weighted by atomic mass is 10.1. The zero-order valence-corrected chi connectivity index (χ0v) is 11.6. The highest BCUT2D eigenvalue weighted by Crippen LogP contribution is 2.36. The first-order chi connectivity index (χ1) is 8.99. The van der Waals surface area contributed by atoms with Crippen LogP contribution in [0.25, 0.3) is 10.2 Å². The van der Waals surface area contributed by atoms with Crippen LogP contribution in [0.5, 0.6) is 0 Å². The number of thiophene rings is 1. The highest BCUT2D eigenvalue weighted by atomic mass is 32.1. The molecular weight excluding hydrogens is 262 g/mol. The van der Waals surface area contributed by atoms with E-state index in [1.54, 1.807) is 4.90 Å². The summed E-state index contributed by atoms with van der Waals surface area (Å²) < 4.78 is 0. The number of aryl methyl sites for hydroxylation is 2. The SMILES string of the molecule is Cc1nnc2sc(C(=O)N3CC(N)C3)c(N)c2c1C. The van der Waals surface area contributed by atoms with E-state index in [2.05, 4.69) is 10.2 Å². The van der Waals surface area contributed by atoms with Crippen molar-refractivity contribution in [2.24, 2.45) is 5.73 Å². The van der Waals surface area contributed by atoms with Gasteiger partial charge in [0.05, 0.1) is 11.4 Å². The molecule has 0 atom stereocenters. The fraction of sp³-hybridized carbons (Fsp3) is 0.417. The quantitative estimate of drug-likeness (QED) is 0.798. The van der Waals surface area contributed by atoms with Crippen LogP contribution in [0, 0.1) is 13.8 Å². The topological polar surface area (TPSA) is 98.1 Å². The number of nitrogens with two attached hydrogens (primary N) is 2. The first-order valence-corrected chi connectivity index (χ1v) is 6.87. The summed E-state index contributed by atoms with van der Waals surface area (Å²) in [6.07, 6.45) is 0. The number of hydrogen-bond donors (Lipinski definition) is 2. The number of aromatic nitrogens is 2. The van der Waals surface area contributed by atoms with Crippen molar-refractivity contribution in [1.29, 1.82) is 0 Å². The standard InChI is InChI=1S/C12H15N5OS/c1-5-6(2)15-16-11-8(5)9(14)10(19-11)12(18)17-3-7(13)4-17/h7H,3-4,13-14H2,1-2H3. The first-order valence-electron chi connectivity index (χ1n) is 6.05. The number of carbonyl (C=O) groups is 1. The molecule has 3 rings (SSSR count). The van der Waals surface area contributed by atoms with Crippen LogP contribution in [-0.2, 0) is 0 Å². The maximum Gasteiger partial charge on any atom is 0.266 e. The summed E-state index contributed by atoms with van der Waals surface area (Å²) in [6.45, 7) is 5.02. The van der Waals surface area contributed by atoms with Crippen molar-refractivity contribution in [1.82, 2.24) is 15.1 Å². The van der Waals surface area contributed by atoms with Gasteiger partial charge in [0.25, 0.3) is 5.91 Å². The molecule has 3 heterocycles. The van der Waals surface area contributed by atoms with Crippen molar-refractivity contribution >= 4 is 33.1 Å². The van der Waals surface area contributed by atoms with E-state index in [1.807, 2.05) is 13.8 Å². The minimum Gasteiger partial charge on any atom is -0.397 e. The van der Waals surface area contributed by atoms with Gasteiger partial charge in [0, 0.05) is 24.5 Å². The van der Waals surface area contributed by atoms with Crippen LogP contribution >= 0.6 is 11.3 Å². The lowest BCUT2D eigenvalue weighted by Crippen LogP contribution is -2.57. The second kappa shape index (κ2) is 4.14. The Hall–Kier alpha value is -1.73. The van der Waals surface area contributed by atoms with E-state index in [-0.39, 0.29) is 11.9 Å². The van der Waals surface area contributed by atoms with Crippen molar-refractivity contribution in [2.75, 3.05) is 18.8 Å². The Morgan fingerprint density at radius 3 is 2.68 bits per heavy atom. The van der Waals surface area contributed by atoms with Crippen LogP contribution < -0.4 is 11.5 Å². The van der Waals surface area contributed by atoms with Crippen molar-refractivity contribution in [2.45, 2.75) is 19.9 Å². The molecule has 1 amide bonds. The average Bonchev–Trinajstić information content (AvgIpc) is 2.67. The summed E-state index contributed by atoms with van der Waals surface area (Å²) in [7, 11) is 0. The third-order valence-corrected chi connectivity index (χ3v) is 4.60. The Balaban J connectivity index is 2.08. The Morgan fingerprint density at radius 1 is 1.37 bits per heavy atom. The second-order valence-electron chi connectivity index (χ2n) is 4.91. The van der Waals surface area contributed by atoms with Crippen LogP contribution in [0.3, 0.4) is 0 Å². The summed E-state index contributed by atoms with van der Waals surface area (Å²) in [5.74, 6) is -0.0562. The molecule has 0 aliphatic carbocycles. The molecule has 0 bridgehead atoms. The molecule has 2 aromatic rings. The highest BCUT2D eigenvalue weighted by molar-refractivity contribution is 7.21. The molecule has 1 saturated heterocycles. The van der Waals surface area contributed by atoms with E-state index in [9.17, 15) is 4.79 Å². The lowest BCUT2D eigenvalue weighted by Gasteiger charge is -2.36. The van der Waals surface area contributed by atoms with E-state index >= 15 is 0 Å². The molecule has 100 valence electrons. The van der Waals surface area contributed by atoms with Gasteiger partial charge in [-0.15, -0.1) is 16.4 Å². The summed E-state index contributed by atoms with van der Waals surface area (Å²) in [5.41, 5.74) is 14.2. The summed E-state index contributed by atoms with van der Waals surface area (Å²) in [4.78, 5) is 15.3. The Labute approximate surface area is 114 Å². The summed E-state index contributed by atoms with van der Waals surface area (Å²) >= 11 is 1.30. The van der Waals surface area contributed by atoms with Gasteiger partial charge in [0.1, 0.15) is 9.71 Å². The van der Waals surface area contributed by atoms with Crippen molar-refractivity contribution < 1.29 is 4.79 Å². The van der Waals surface area contributed by atoms with Crippen LogP contribution in [0.4, 0.5) is 5.69 Å². The molecule has 1 aliphatic heterocycles. The molecule has 1 fully saturated rings. The zero-order chi connectivity index (χ0) is 13.7. The van der Waals surface area contributed by atoms with Gasteiger partial charge in [0.15, 0.2) is 0 Å². The van der Waals surface area contributed by atoms with E-state index in [4.69, 9.17) is 11.5 Å². The molecule has 0 unspecified atom stereocenters. The molecule has 1 aliphatic rings. The monoisotopic (exact) mass is 277 g/mol. The van der Waals surface area contributed by atoms with Crippen molar-refractivity contribution in [3.05, 3.63) is 16.1 Å². The fourth-order valence-electron chi connectivity index (χ4n) is 2.22. The number of carbonyl (C=O) groups excluding carboxylic acids is 1. The number of rotatable bonds is 1. The minimum atomic E-state index is -0.0562. The zero-order valence-electron chi connectivity index (χ0n) is 10.8. The van der Waals surface area contributed by atoms with Crippen LogP contribution in [0.15, 0.2) is 0 Å². The third-order valence-electron chi connectivity index (χ3n) is 3.53. The molecular formula is C12H15N5OS. The molecule has 0 saturated carbocycles. The Bertz CT molecular complexity index is 674. The number of nitrogen functional groups attached to an aromatic ring is 1. The van der Waals surface area contributed by atoms with Gasteiger partial charge in [-0.25, -0.2) is 0 Å². The molecule has 4 N–H and O–H groups in total. The van der Waals surface area contributed by atoms with Gasteiger partial charge in [-0.3, -0.25) is 4.79 Å². The lowest BCUT2D eigenvalue weighted by molar-refractivity contribution is 0.0614. The van der Waals surface area contributed by atoms with Gasteiger partial charge in [-0.05, 0) is 19.4 Å². The van der Waals surface area contributed by atoms with E-state index in [0.29, 0.717) is 28.5 Å². The smallest absolute Gasteiger partial charge is 0.266 e. The van der Waals surface area contributed by atoms with Crippen LogP contribution in [0.1, 0.15) is 20.9 Å². The normalized spacial score (nSPS) is 15.8. The maximum absolute atomic E-state index is 12.3. The number of nitrogens with zero attached hydrogens (tertiary/aromatic N) is 3. The van der Waals surface area contributed by atoms with E-state index in [1.165, 1.54) is 11.3 Å². The van der Waals surface area contributed by atoms with E-state index < -0.39 is 0 Å². The third kappa shape index (κ3) is 1.77. The number of fused-ring (bicyclic) bond motifs is 1. The molecule has 19 heavy (non-hydrogen) atoms. The Morgan fingerprint density at radius 2 is 2.05 bits per heavy atom. The number of hydrogen-bond acceptors (Lipinski definition) is 6. The number of likely N-dealkylation sites (tertiary alicyclic amines) is 1. The predicted octanol–water partition coefficient (Wildman–Crippen LogP) is 0.673. The maximum atomic E-state index is 12.3. The van der Waals surface area contributed by atoms with Gasteiger partial charge in [-0.1, -0.05) is 0 Å². The predicted molar refractivity (Wildman–Crippen MR) is 75.2 cm³/mol. The highest BCUT2D eigenvalue weighted by Gasteiger charge is 2.31. The largest absolute Gasteiger partial charge is 0.397 e. The fourth-order valence-corrected chi connectivity index (χ4v) is 3.29. The van der Waals surface area contributed by atoms with E-state index in [0.717, 1.165) is 16.6 Å². The molecule has 2 aromatic heterocycles. The molecule has 0 radical (unpaired) electrons. The van der Waals surface area contributed by atoms with Crippen molar-refractivity contribution in [3.8, 4) is 0 Å². The minimum absolute atomic E-state index is 0.0562. The molecule has 0 aromatic carbocycles. The molecule has 7 heteroatoms. The van der Waals surface area contributed by atoms with Crippen LogP contribution in [0.2, 0.25) is 0 Å². The molecule has 0 spiro atoms. The van der Waals surface area contributed by atoms with Gasteiger partial charge in [0.2, 0.25) is 0 Å². The van der Waals surface area contributed by atoms with Crippen molar-refractivity contribution in [3.63, 3.8) is 0 Å². The van der Waals surface area contributed by atoms with Gasteiger partial charge >= 0.3 is 0 Å². The van der Waals surface area contributed by atoms with Gasteiger partial charge in [-0.2, -0.15) is 5.10 Å². The second-order valence-corrected chi connectivity index (χ2v) is 5.90. The van der Waals surface area contributed by atoms with Crippen LogP contribution in [-0.4, -0.2) is 40.1 Å². The summed E-state index contributed by atoms with van der Waals surface area (Å²) in [6, 6.07) is 0.0864. The average molecular weight is 277 g/mol. The van der Waals surface area contributed by atoms with Gasteiger partial charge < -0.3 is 16.4 Å². The Kier molecular flexibility index (Phi) is 2.68.